The molecule has 1 saturated heterocycles. The molecule has 1 aromatic rings. The minimum Gasteiger partial charge on any atom is -0.376 e. The topological polar surface area (TPSA) is 43.4 Å². The molecule has 0 aliphatic carbocycles. The van der Waals surface area contributed by atoms with Crippen LogP contribution in [0.5, 0.6) is 5.75 Å². The summed E-state index contributed by atoms with van der Waals surface area (Å²) < 4.78 is 29.7. The maximum Gasteiger partial charge on any atom is 0.348 e. The van der Waals surface area contributed by atoms with Crippen LogP contribution in [-0.4, -0.2) is 26.2 Å². The van der Waals surface area contributed by atoms with Crippen molar-refractivity contribution in [1.29, 1.82) is 0 Å². The third-order valence-electron chi connectivity index (χ3n) is 3.11. The molecule has 0 aromatic heterocycles. The second-order valence-corrected chi connectivity index (χ2v) is 12.4. The van der Waals surface area contributed by atoms with Gasteiger partial charge < -0.3 is 4.18 Å². The second kappa shape index (κ2) is 4.53. The van der Waals surface area contributed by atoms with Crippen LogP contribution in [0.15, 0.2) is 24.3 Å². The van der Waals surface area contributed by atoms with Crippen molar-refractivity contribution in [3.63, 3.8) is 0 Å². The Labute approximate surface area is 104 Å². The Morgan fingerprint density at radius 3 is 2.18 bits per heavy atom. The molecule has 1 aromatic carbocycles. The summed E-state index contributed by atoms with van der Waals surface area (Å²) in [5.74, 6) is 1.98. The molecule has 1 heterocycles. The van der Waals surface area contributed by atoms with Crippen LogP contribution in [0.1, 0.15) is 18.4 Å². The molecule has 1 aliphatic rings. The molecule has 0 atom stereocenters. The highest BCUT2D eigenvalue weighted by Gasteiger charge is 2.38. The van der Waals surface area contributed by atoms with Gasteiger partial charge in [-0.25, -0.2) is 0 Å². The average Bonchev–Trinajstić information content (AvgIpc) is 2.70. The molecule has 1 fully saturated rings. The van der Waals surface area contributed by atoms with E-state index in [1.165, 1.54) is 0 Å². The Morgan fingerprint density at radius 1 is 1.12 bits per heavy atom. The highest BCUT2D eigenvalue weighted by Crippen LogP contribution is 2.56. The molecular formula is C12H18O3S2. The molecule has 0 spiro atoms. The van der Waals surface area contributed by atoms with E-state index in [2.05, 4.69) is 0 Å². The van der Waals surface area contributed by atoms with E-state index in [0.717, 1.165) is 29.9 Å². The number of hydrogen-bond donors (Lipinski definition) is 0. The SMILES string of the molecule is Cc1ccc(OS(=O)(=O)S2(C)CCCC2)cc1. The van der Waals surface area contributed by atoms with Crippen LogP contribution < -0.4 is 4.18 Å². The average molecular weight is 274 g/mol. The molecule has 17 heavy (non-hydrogen) atoms. The van der Waals surface area contributed by atoms with E-state index in [-0.39, 0.29) is 0 Å². The van der Waals surface area contributed by atoms with Gasteiger partial charge in [0.15, 0.2) is 0 Å². The molecule has 5 heteroatoms. The first kappa shape index (κ1) is 12.8. The zero-order chi connectivity index (χ0) is 12.5. The summed E-state index contributed by atoms with van der Waals surface area (Å²) in [6.45, 7) is 1.96. The molecule has 0 amide bonds. The summed E-state index contributed by atoms with van der Waals surface area (Å²) in [6.07, 6.45) is 3.87. The summed E-state index contributed by atoms with van der Waals surface area (Å²) in [5.41, 5.74) is 1.09. The van der Waals surface area contributed by atoms with Gasteiger partial charge in [0.05, 0.1) is 0 Å². The monoisotopic (exact) mass is 274 g/mol. The van der Waals surface area contributed by atoms with Gasteiger partial charge in [-0.15, -0.1) is 9.06 Å². The smallest absolute Gasteiger partial charge is 0.348 e. The Kier molecular flexibility index (Phi) is 3.41. The predicted octanol–water partition coefficient (Wildman–Crippen LogP) is 2.85. The largest absolute Gasteiger partial charge is 0.376 e. The van der Waals surface area contributed by atoms with Gasteiger partial charge in [-0.2, -0.15) is 8.42 Å². The molecule has 2 rings (SSSR count). The summed E-state index contributed by atoms with van der Waals surface area (Å²) in [7, 11) is -5.08. The zero-order valence-electron chi connectivity index (χ0n) is 10.2. The number of rotatable bonds is 3. The molecular weight excluding hydrogens is 256 g/mol. The summed E-state index contributed by atoms with van der Waals surface area (Å²) in [5, 5.41) is 0. The maximum atomic E-state index is 12.2. The molecule has 0 bridgehead atoms. The van der Waals surface area contributed by atoms with Crippen molar-refractivity contribution in [3.05, 3.63) is 29.8 Å². The minimum atomic E-state index is -3.44. The number of aryl methyl sites for hydroxylation is 1. The molecule has 0 N–H and O–H groups in total. The van der Waals surface area contributed by atoms with Crippen LogP contribution in [0.3, 0.4) is 0 Å². The van der Waals surface area contributed by atoms with Crippen molar-refractivity contribution >= 4 is 18.2 Å². The van der Waals surface area contributed by atoms with E-state index in [0.29, 0.717) is 5.75 Å². The van der Waals surface area contributed by atoms with Gasteiger partial charge in [-0.3, -0.25) is 0 Å². The van der Waals surface area contributed by atoms with Gasteiger partial charge in [-0.1, -0.05) is 17.7 Å². The Balaban J connectivity index is 2.20. The highest BCUT2D eigenvalue weighted by atomic mass is 33.2. The van der Waals surface area contributed by atoms with Crippen molar-refractivity contribution in [2.45, 2.75) is 19.8 Å². The Bertz CT molecular complexity index is 485. The van der Waals surface area contributed by atoms with E-state index in [4.69, 9.17) is 4.18 Å². The molecule has 3 nitrogen and oxygen atoms in total. The third-order valence-corrected chi connectivity index (χ3v) is 11.0. The number of benzene rings is 1. The van der Waals surface area contributed by atoms with Crippen LogP contribution in [0.2, 0.25) is 0 Å². The lowest BCUT2D eigenvalue weighted by molar-refractivity contribution is 0.503. The quantitative estimate of drug-likeness (QED) is 0.796. The van der Waals surface area contributed by atoms with Crippen molar-refractivity contribution in [3.8, 4) is 5.75 Å². The van der Waals surface area contributed by atoms with Crippen molar-refractivity contribution < 1.29 is 12.6 Å². The van der Waals surface area contributed by atoms with E-state index < -0.39 is 18.2 Å². The van der Waals surface area contributed by atoms with Crippen molar-refractivity contribution in [2.24, 2.45) is 0 Å². The van der Waals surface area contributed by atoms with Crippen LogP contribution in [-0.2, 0) is 9.15 Å². The molecule has 0 unspecified atom stereocenters. The lowest BCUT2D eigenvalue weighted by Gasteiger charge is -2.28. The first-order valence-electron chi connectivity index (χ1n) is 5.68. The van der Waals surface area contributed by atoms with Crippen LogP contribution in [0.25, 0.3) is 0 Å². The lowest BCUT2D eigenvalue weighted by atomic mass is 10.2. The summed E-state index contributed by atoms with van der Waals surface area (Å²) in [4.78, 5) is 0. The second-order valence-electron chi connectivity index (χ2n) is 4.60. The van der Waals surface area contributed by atoms with Crippen LogP contribution >= 0.6 is 9.06 Å². The Morgan fingerprint density at radius 2 is 1.65 bits per heavy atom. The summed E-state index contributed by atoms with van der Waals surface area (Å²) >= 11 is 0. The lowest BCUT2D eigenvalue weighted by Crippen LogP contribution is -2.19. The van der Waals surface area contributed by atoms with Gasteiger partial charge >= 0.3 is 9.15 Å². The summed E-state index contributed by atoms with van der Waals surface area (Å²) in [6, 6.07) is 7.14. The normalized spacial score (nSPS) is 21.1. The standard InChI is InChI=1S/C12H18O3S2/c1-11-5-7-12(8-6-11)15-17(13,14)16(2)9-3-4-10-16/h5-8H,3-4,9-10H2,1-2H3. The van der Waals surface area contributed by atoms with Crippen LogP contribution in [0, 0.1) is 6.92 Å². The van der Waals surface area contributed by atoms with Crippen molar-refractivity contribution in [1.82, 2.24) is 0 Å². The number of hydrogen-bond acceptors (Lipinski definition) is 3. The first-order chi connectivity index (χ1) is 7.93. The van der Waals surface area contributed by atoms with Gasteiger partial charge in [0.25, 0.3) is 0 Å². The van der Waals surface area contributed by atoms with E-state index >= 15 is 0 Å². The van der Waals surface area contributed by atoms with E-state index in [1.807, 2.05) is 25.3 Å². The van der Waals surface area contributed by atoms with Gasteiger partial charge in [0.1, 0.15) is 5.75 Å². The molecule has 0 radical (unpaired) electrons. The molecule has 96 valence electrons. The maximum absolute atomic E-state index is 12.2. The fraction of sp³-hybridized carbons (Fsp3) is 0.500. The van der Waals surface area contributed by atoms with Gasteiger partial charge in [0, 0.05) is 0 Å². The van der Waals surface area contributed by atoms with E-state index in [9.17, 15) is 8.42 Å². The van der Waals surface area contributed by atoms with Gasteiger partial charge in [0.2, 0.25) is 0 Å². The van der Waals surface area contributed by atoms with E-state index in [1.54, 1.807) is 12.1 Å². The Hall–Kier alpha value is -0.680. The zero-order valence-corrected chi connectivity index (χ0v) is 11.8. The highest BCUT2D eigenvalue weighted by molar-refractivity contribution is 8.88. The third kappa shape index (κ3) is 2.60. The predicted molar refractivity (Wildman–Crippen MR) is 73.2 cm³/mol. The van der Waals surface area contributed by atoms with Crippen molar-refractivity contribution in [2.75, 3.05) is 17.8 Å². The fourth-order valence-corrected chi connectivity index (χ4v) is 7.33. The van der Waals surface area contributed by atoms with Crippen LogP contribution in [0.4, 0.5) is 0 Å². The first-order valence-corrected chi connectivity index (χ1v) is 9.98. The molecule has 0 saturated carbocycles. The molecule has 1 aliphatic heterocycles. The minimum absolute atomic E-state index is 0.427. The fourth-order valence-electron chi connectivity index (χ4n) is 1.91. The van der Waals surface area contributed by atoms with Gasteiger partial charge in [-0.05, 0) is 49.7 Å².